The number of benzene rings is 1. The Hall–Kier alpha value is -1.01. The first-order chi connectivity index (χ1) is 10.7. The number of halogens is 2. The summed E-state index contributed by atoms with van der Waals surface area (Å²) in [5, 5.41) is 6.58. The molecule has 1 aliphatic rings. The topological polar surface area (TPSA) is 47.6 Å². The molecule has 7 heteroatoms. The molecule has 1 amide bonds. The maximum Gasteiger partial charge on any atom is 0.233 e. The van der Waals surface area contributed by atoms with Crippen molar-refractivity contribution >= 4 is 35.6 Å². The Morgan fingerprint density at radius 3 is 2.57 bits per heavy atom. The fraction of sp³-hybridized carbons (Fsp3) is 0.562. The van der Waals surface area contributed by atoms with Crippen LogP contribution in [-0.4, -0.2) is 63.7 Å². The van der Waals surface area contributed by atoms with Gasteiger partial charge in [-0.25, -0.2) is 0 Å². The second-order valence-electron chi connectivity index (χ2n) is 5.51. The predicted octanol–water partition coefficient (Wildman–Crippen LogP) is 1.61. The number of hydrogen-bond acceptors (Lipinski definition) is 4. The van der Waals surface area contributed by atoms with Crippen LogP contribution >= 0.6 is 24.0 Å². The second kappa shape index (κ2) is 10.7. The predicted molar refractivity (Wildman–Crippen MR) is 98.9 cm³/mol. The number of carbonyl (C=O) groups is 1. The smallest absolute Gasteiger partial charge is 0.233 e. The molecule has 1 saturated heterocycles. The van der Waals surface area contributed by atoms with E-state index in [1.807, 2.05) is 18.2 Å². The summed E-state index contributed by atoms with van der Waals surface area (Å²) in [7, 11) is 1.78. The van der Waals surface area contributed by atoms with E-state index < -0.39 is 0 Å². The summed E-state index contributed by atoms with van der Waals surface area (Å²) in [6.45, 7) is 6.22. The molecular weight excluding hydrogens is 335 g/mol. The van der Waals surface area contributed by atoms with Gasteiger partial charge in [-0.3, -0.25) is 9.69 Å². The molecule has 0 aliphatic carbocycles. The molecule has 1 aromatic rings. The monoisotopic (exact) mass is 360 g/mol. The lowest BCUT2D eigenvalue weighted by Gasteiger charge is -2.36. The van der Waals surface area contributed by atoms with Crippen LogP contribution in [0.1, 0.15) is 6.42 Å². The Kier molecular flexibility index (Phi) is 9.33. The number of anilines is 1. The summed E-state index contributed by atoms with van der Waals surface area (Å²) in [6, 6.07) is 8.01. The van der Waals surface area contributed by atoms with Crippen LogP contribution < -0.4 is 15.5 Å². The number of likely N-dealkylation sites (N-methyl/N-ethyl adjacent to an activating group) is 1. The molecule has 2 rings (SSSR count). The summed E-state index contributed by atoms with van der Waals surface area (Å²) < 4.78 is 0. The van der Waals surface area contributed by atoms with Gasteiger partial charge in [-0.1, -0.05) is 23.7 Å². The van der Waals surface area contributed by atoms with E-state index in [-0.39, 0.29) is 18.3 Å². The van der Waals surface area contributed by atoms with Gasteiger partial charge in [0.15, 0.2) is 0 Å². The second-order valence-corrected chi connectivity index (χ2v) is 5.92. The van der Waals surface area contributed by atoms with Gasteiger partial charge < -0.3 is 15.5 Å². The van der Waals surface area contributed by atoms with Crippen molar-refractivity contribution in [3.63, 3.8) is 0 Å². The van der Waals surface area contributed by atoms with Crippen LogP contribution in [0.5, 0.6) is 0 Å². The average molecular weight is 361 g/mol. The molecule has 23 heavy (non-hydrogen) atoms. The van der Waals surface area contributed by atoms with Crippen LogP contribution in [0.4, 0.5) is 5.69 Å². The third kappa shape index (κ3) is 6.55. The van der Waals surface area contributed by atoms with Crippen molar-refractivity contribution in [3.05, 3.63) is 29.3 Å². The molecule has 0 saturated carbocycles. The van der Waals surface area contributed by atoms with Gasteiger partial charge in [0.2, 0.25) is 5.91 Å². The number of amides is 1. The Labute approximate surface area is 149 Å². The molecule has 1 fully saturated rings. The summed E-state index contributed by atoms with van der Waals surface area (Å²) in [6.07, 6.45) is 0.988. The maximum atomic E-state index is 11.3. The van der Waals surface area contributed by atoms with Crippen LogP contribution in [0.25, 0.3) is 0 Å². The molecule has 0 atom stereocenters. The van der Waals surface area contributed by atoms with Gasteiger partial charge in [0.05, 0.1) is 17.3 Å². The molecular formula is C16H26Cl2N4O. The molecule has 0 bridgehead atoms. The zero-order valence-corrected chi connectivity index (χ0v) is 15.1. The number of para-hydroxylation sites is 1. The third-order valence-corrected chi connectivity index (χ3v) is 4.20. The van der Waals surface area contributed by atoms with Gasteiger partial charge in [0.1, 0.15) is 0 Å². The van der Waals surface area contributed by atoms with Gasteiger partial charge in [-0.15, -0.1) is 12.4 Å². The van der Waals surface area contributed by atoms with Crippen LogP contribution in [0.2, 0.25) is 5.02 Å². The van der Waals surface area contributed by atoms with Crippen LogP contribution in [0, 0.1) is 0 Å². The molecule has 0 aromatic heterocycles. The molecule has 1 heterocycles. The lowest BCUT2D eigenvalue weighted by molar-refractivity contribution is -0.120. The minimum absolute atomic E-state index is 0. The van der Waals surface area contributed by atoms with Crippen molar-refractivity contribution in [2.75, 3.05) is 57.8 Å². The largest absolute Gasteiger partial charge is 0.368 e. The number of rotatable bonds is 7. The quantitative estimate of drug-likeness (QED) is 0.725. The number of piperazine rings is 1. The Morgan fingerprint density at radius 1 is 1.22 bits per heavy atom. The van der Waals surface area contributed by atoms with E-state index in [4.69, 9.17) is 11.6 Å². The molecule has 130 valence electrons. The molecule has 0 radical (unpaired) electrons. The fourth-order valence-electron chi connectivity index (χ4n) is 2.67. The van der Waals surface area contributed by atoms with Crippen molar-refractivity contribution < 1.29 is 4.79 Å². The van der Waals surface area contributed by atoms with Crippen LogP contribution in [0.15, 0.2) is 24.3 Å². The van der Waals surface area contributed by atoms with E-state index in [0.29, 0.717) is 6.54 Å². The molecule has 1 aliphatic heterocycles. The molecule has 1 aromatic carbocycles. The van der Waals surface area contributed by atoms with E-state index in [0.717, 1.165) is 56.4 Å². The zero-order valence-electron chi connectivity index (χ0n) is 13.6. The van der Waals surface area contributed by atoms with Crippen LogP contribution in [-0.2, 0) is 4.79 Å². The highest BCUT2D eigenvalue weighted by molar-refractivity contribution is 6.33. The summed E-state index contributed by atoms with van der Waals surface area (Å²) in [4.78, 5) is 16.1. The average Bonchev–Trinajstić information content (AvgIpc) is 2.53. The van der Waals surface area contributed by atoms with Crippen molar-refractivity contribution in [1.82, 2.24) is 15.5 Å². The summed E-state index contributed by atoms with van der Waals surface area (Å²) in [5.41, 5.74) is 1.13. The molecule has 5 nitrogen and oxygen atoms in total. The van der Waals surface area contributed by atoms with E-state index in [2.05, 4.69) is 26.5 Å². The Morgan fingerprint density at radius 2 is 1.91 bits per heavy atom. The highest BCUT2D eigenvalue weighted by Gasteiger charge is 2.18. The van der Waals surface area contributed by atoms with Gasteiger partial charge in [0, 0.05) is 32.7 Å². The van der Waals surface area contributed by atoms with Crippen LogP contribution in [0.3, 0.4) is 0 Å². The standard InChI is InChI=1S/C16H25ClN4O.ClH/c1-18-13-16(22)19-7-4-8-20-9-11-21(12-10-20)15-6-3-2-5-14(15)17;/h2-3,5-6,18H,4,7-13H2,1H3,(H,19,22);1H. The highest BCUT2D eigenvalue weighted by atomic mass is 35.5. The van der Waals surface area contributed by atoms with Crippen molar-refractivity contribution in [2.45, 2.75) is 6.42 Å². The molecule has 2 N–H and O–H groups in total. The molecule has 0 unspecified atom stereocenters. The van der Waals surface area contributed by atoms with E-state index >= 15 is 0 Å². The highest BCUT2D eigenvalue weighted by Crippen LogP contribution is 2.25. The van der Waals surface area contributed by atoms with Gasteiger partial charge in [-0.2, -0.15) is 0 Å². The Bertz CT molecular complexity index is 479. The number of nitrogens with zero attached hydrogens (tertiary/aromatic N) is 2. The Balaban J connectivity index is 0.00000264. The lowest BCUT2D eigenvalue weighted by Crippen LogP contribution is -2.47. The third-order valence-electron chi connectivity index (χ3n) is 3.88. The van der Waals surface area contributed by atoms with E-state index in [1.165, 1.54) is 0 Å². The first-order valence-corrected chi connectivity index (χ1v) is 8.21. The number of carbonyl (C=O) groups excluding carboxylic acids is 1. The maximum absolute atomic E-state index is 11.3. The lowest BCUT2D eigenvalue weighted by atomic mass is 10.2. The van der Waals surface area contributed by atoms with E-state index in [1.54, 1.807) is 7.05 Å². The minimum atomic E-state index is 0. The molecule has 0 spiro atoms. The first-order valence-electron chi connectivity index (χ1n) is 7.84. The summed E-state index contributed by atoms with van der Waals surface area (Å²) in [5.74, 6) is 0.0611. The number of nitrogens with one attached hydrogen (secondary N) is 2. The minimum Gasteiger partial charge on any atom is -0.368 e. The normalized spacial score (nSPS) is 15.1. The SMILES string of the molecule is CNCC(=O)NCCCN1CCN(c2ccccc2Cl)CC1.Cl. The fourth-order valence-corrected chi connectivity index (χ4v) is 2.93. The number of hydrogen-bond donors (Lipinski definition) is 2. The zero-order chi connectivity index (χ0) is 15.8. The first kappa shape index (κ1) is 20.0. The van der Waals surface area contributed by atoms with Crippen molar-refractivity contribution in [3.8, 4) is 0 Å². The van der Waals surface area contributed by atoms with Gasteiger partial charge >= 0.3 is 0 Å². The van der Waals surface area contributed by atoms with Crippen molar-refractivity contribution in [1.29, 1.82) is 0 Å². The van der Waals surface area contributed by atoms with Crippen molar-refractivity contribution in [2.24, 2.45) is 0 Å². The van der Waals surface area contributed by atoms with Gasteiger partial charge in [0.25, 0.3) is 0 Å². The van der Waals surface area contributed by atoms with Gasteiger partial charge in [-0.05, 0) is 32.1 Å². The van der Waals surface area contributed by atoms with E-state index in [9.17, 15) is 4.79 Å². The summed E-state index contributed by atoms with van der Waals surface area (Å²) >= 11 is 6.25.